The molecule has 0 radical (unpaired) electrons. The number of rotatable bonds is 4. The fraction of sp³-hybridized carbons (Fsp3) is 0.353. The summed E-state index contributed by atoms with van der Waals surface area (Å²) in [4.78, 5) is 22.4. The molecule has 7 heteroatoms. The van der Waals surface area contributed by atoms with E-state index in [1.807, 2.05) is 23.1 Å². The Balaban J connectivity index is 1.88. The maximum atomic E-state index is 12.1. The zero-order chi connectivity index (χ0) is 17.2. The number of halogens is 1. The molecule has 2 heterocycles. The van der Waals surface area contributed by atoms with Crippen molar-refractivity contribution in [1.82, 2.24) is 9.97 Å². The van der Waals surface area contributed by atoms with Crippen LogP contribution >= 0.6 is 11.6 Å². The van der Waals surface area contributed by atoms with Crippen LogP contribution in [0.1, 0.15) is 18.4 Å². The molecule has 1 aliphatic heterocycles. The number of piperidine rings is 1. The van der Waals surface area contributed by atoms with Crippen LogP contribution in [0.25, 0.3) is 0 Å². The molecule has 1 aliphatic rings. The molecule has 1 saturated heterocycles. The standard InChI is InChI=1S/C17H19ClN4O2/c18-13-4-1-3-12(9-13)10-17(15(23)24)6-2-8-22(11-17)16-20-7-5-14(19)21-16/h1,3-5,7,9H,2,6,8,10-11H2,(H,23,24)(H2,19,20,21)/t17-/m1/s1. The van der Waals surface area contributed by atoms with Crippen LogP contribution in [0.4, 0.5) is 11.8 Å². The number of nitrogens with zero attached hydrogens (tertiary/aromatic N) is 3. The molecule has 1 aromatic carbocycles. The topological polar surface area (TPSA) is 92.3 Å². The lowest BCUT2D eigenvalue weighted by Gasteiger charge is -2.40. The molecular formula is C17H19ClN4O2. The third-order valence-electron chi connectivity index (χ3n) is 4.41. The third-order valence-corrected chi connectivity index (χ3v) is 4.64. The molecule has 1 aromatic heterocycles. The van der Waals surface area contributed by atoms with Crippen LogP contribution in [0.5, 0.6) is 0 Å². The first kappa shape index (κ1) is 16.5. The SMILES string of the molecule is Nc1ccnc(N2CCC[C@](Cc3cccc(Cl)c3)(C(=O)O)C2)n1. The fourth-order valence-electron chi connectivity index (χ4n) is 3.25. The number of hydrogen-bond acceptors (Lipinski definition) is 5. The van der Waals surface area contributed by atoms with E-state index in [1.165, 1.54) is 0 Å². The molecule has 1 fully saturated rings. The summed E-state index contributed by atoms with van der Waals surface area (Å²) in [5.41, 5.74) is 5.75. The molecule has 3 rings (SSSR count). The summed E-state index contributed by atoms with van der Waals surface area (Å²) in [7, 11) is 0. The Hall–Kier alpha value is -2.34. The molecular weight excluding hydrogens is 328 g/mol. The maximum Gasteiger partial charge on any atom is 0.311 e. The summed E-state index contributed by atoms with van der Waals surface area (Å²) in [5, 5.41) is 10.5. The smallest absolute Gasteiger partial charge is 0.311 e. The Morgan fingerprint density at radius 1 is 1.42 bits per heavy atom. The van der Waals surface area contributed by atoms with Crippen molar-refractivity contribution in [1.29, 1.82) is 0 Å². The first-order valence-corrected chi connectivity index (χ1v) is 8.18. The van der Waals surface area contributed by atoms with Crippen molar-refractivity contribution in [2.45, 2.75) is 19.3 Å². The maximum absolute atomic E-state index is 12.1. The molecule has 1 atom stereocenters. The number of aromatic nitrogens is 2. The van der Waals surface area contributed by atoms with Crippen molar-refractivity contribution in [3.05, 3.63) is 47.1 Å². The van der Waals surface area contributed by atoms with Gasteiger partial charge in [-0.05, 0) is 43.0 Å². The number of hydrogen-bond donors (Lipinski definition) is 2. The molecule has 3 N–H and O–H groups in total. The van der Waals surface area contributed by atoms with Gasteiger partial charge in [-0.1, -0.05) is 23.7 Å². The van der Waals surface area contributed by atoms with Crippen LogP contribution in [-0.4, -0.2) is 34.1 Å². The monoisotopic (exact) mass is 346 g/mol. The molecule has 0 unspecified atom stereocenters. The normalized spacial score (nSPS) is 20.8. The lowest BCUT2D eigenvalue weighted by Crippen LogP contribution is -2.49. The quantitative estimate of drug-likeness (QED) is 0.884. The number of carboxylic acid groups (broad SMARTS) is 1. The molecule has 0 amide bonds. The van der Waals surface area contributed by atoms with E-state index in [-0.39, 0.29) is 0 Å². The second-order valence-electron chi connectivity index (χ2n) is 6.20. The largest absolute Gasteiger partial charge is 0.481 e. The second-order valence-corrected chi connectivity index (χ2v) is 6.64. The van der Waals surface area contributed by atoms with Crippen LogP contribution in [0, 0.1) is 5.41 Å². The van der Waals surface area contributed by atoms with Gasteiger partial charge in [-0.3, -0.25) is 4.79 Å². The van der Waals surface area contributed by atoms with E-state index in [4.69, 9.17) is 17.3 Å². The van der Waals surface area contributed by atoms with E-state index in [1.54, 1.807) is 18.3 Å². The van der Waals surface area contributed by atoms with Gasteiger partial charge < -0.3 is 15.7 Å². The molecule has 0 bridgehead atoms. The summed E-state index contributed by atoms with van der Waals surface area (Å²) in [5.74, 6) is 0.0452. The van der Waals surface area contributed by atoms with Gasteiger partial charge in [0.2, 0.25) is 5.95 Å². The summed E-state index contributed by atoms with van der Waals surface area (Å²) in [6.45, 7) is 1.06. The van der Waals surface area contributed by atoms with Crippen LogP contribution < -0.4 is 10.6 Å². The Bertz CT molecular complexity index is 755. The predicted molar refractivity (Wildman–Crippen MR) is 93.1 cm³/mol. The van der Waals surface area contributed by atoms with Gasteiger partial charge in [0.15, 0.2) is 0 Å². The lowest BCUT2D eigenvalue weighted by molar-refractivity contribution is -0.149. The average molecular weight is 347 g/mol. The van der Waals surface area contributed by atoms with E-state index in [0.717, 1.165) is 12.0 Å². The highest BCUT2D eigenvalue weighted by atomic mass is 35.5. The van der Waals surface area contributed by atoms with Crippen molar-refractivity contribution in [2.24, 2.45) is 5.41 Å². The van der Waals surface area contributed by atoms with Crippen molar-refractivity contribution in [3.8, 4) is 0 Å². The van der Waals surface area contributed by atoms with E-state index in [0.29, 0.717) is 42.7 Å². The van der Waals surface area contributed by atoms with Gasteiger partial charge >= 0.3 is 5.97 Å². The fourth-order valence-corrected chi connectivity index (χ4v) is 3.46. The van der Waals surface area contributed by atoms with Gasteiger partial charge in [-0.25, -0.2) is 4.98 Å². The number of carboxylic acids is 1. The Morgan fingerprint density at radius 2 is 2.25 bits per heavy atom. The van der Waals surface area contributed by atoms with Gasteiger partial charge in [-0.15, -0.1) is 0 Å². The Labute approximate surface area is 145 Å². The molecule has 0 saturated carbocycles. The highest BCUT2D eigenvalue weighted by Gasteiger charge is 2.43. The number of carbonyl (C=O) groups is 1. The second kappa shape index (κ2) is 6.65. The lowest BCUT2D eigenvalue weighted by atomic mass is 9.75. The Kier molecular flexibility index (Phi) is 4.57. The van der Waals surface area contributed by atoms with E-state index < -0.39 is 11.4 Å². The predicted octanol–water partition coefficient (Wildman–Crippen LogP) is 2.63. The van der Waals surface area contributed by atoms with Crippen LogP contribution in [-0.2, 0) is 11.2 Å². The molecule has 126 valence electrons. The average Bonchev–Trinajstić information content (AvgIpc) is 2.55. The van der Waals surface area contributed by atoms with Gasteiger partial charge in [0, 0.05) is 24.3 Å². The van der Waals surface area contributed by atoms with Crippen molar-refractivity contribution in [3.63, 3.8) is 0 Å². The minimum absolute atomic E-state index is 0.346. The summed E-state index contributed by atoms with van der Waals surface area (Å²) in [6, 6.07) is 8.97. The van der Waals surface area contributed by atoms with E-state index >= 15 is 0 Å². The number of anilines is 2. The number of aliphatic carboxylic acids is 1. The first-order chi connectivity index (χ1) is 11.5. The zero-order valence-electron chi connectivity index (χ0n) is 13.2. The summed E-state index contributed by atoms with van der Waals surface area (Å²) in [6.07, 6.45) is 3.37. The molecule has 24 heavy (non-hydrogen) atoms. The summed E-state index contributed by atoms with van der Waals surface area (Å²) < 4.78 is 0. The van der Waals surface area contributed by atoms with E-state index in [2.05, 4.69) is 9.97 Å². The number of benzene rings is 1. The molecule has 0 spiro atoms. The number of nitrogen functional groups attached to an aromatic ring is 1. The third kappa shape index (κ3) is 3.43. The Morgan fingerprint density at radius 3 is 2.96 bits per heavy atom. The van der Waals surface area contributed by atoms with Gasteiger partial charge in [-0.2, -0.15) is 4.98 Å². The minimum Gasteiger partial charge on any atom is -0.481 e. The van der Waals surface area contributed by atoms with Crippen LogP contribution in [0.15, 0.2) is 36.5 Å². The van der Waals surface area contributed by atoms with Crippen molar-refractivity contribution < 1.29 is 9.90 Å². The highest BCUT2D eigenvalue weighted by Crippen LogP contribution is 2.35. The first-order valence-electron chi connectivity index (χ1n) is 7.80. The molecule has 6 nitrogen and oxygen atoms in total. The molecule has 0 aliphatic carbocycles. The molecule has 2 aromatic rings. The number of nitrogens with two attached hydrogens (primary N) is 1. The van der Waals surface area contributed by atoms with Gasteiger partial charge in [0.05, 0.1) is 5.41 Å². The zero-order valence-corrected chi connectivity index (χ0v) is 13.9. The minimum atomic E-state index is -0.892. The van der Waals surface area contributed by atoms with Gasteiger partial charge in [0.1, 0.15) is 5.82 Å². The van der Waals surface area contributed by atoms with Crippen molar-refractivity contribution >= 4 is 29.3 Å². The van der Waals surface area contributed by atoms with Gasteiger partial charge in [0.25, 0.3) is 0 Å². The summed E-state index contributed by atoms with van der Waals surface area (Å²) >= 11 is 6.04. The van der Waals surface area contributed by atoms with Crippen molar-refractivity contribution in [2.75, 3.05) is 23.7 Å². The van der Waals surface area contributed by atoms with Crippen LogP contribution in [0.2, 0.25) is 5.02 Å². The van der Waals surface area contributed by atoms with E-state index in [9.17, 15) is 9.90 Å². The highest BCUT2D eigenvalue weighted by molar-refractivity contribution is 6.30. The van der Waals surface area contributed by atoms with Crippen LogP contribution in [0.3, 0.4) is 0 Å².